The molecule has 3 aliphatic rings. The molecule has 0 bridgehead atoms. The number of allylic oxidation sites excluding steroid dienone is 1. The summed E-state index contributed by atoms with van der Waals surface area (Å²) in [6, 6.07) is 18.0. The second-order valence-corrected chi connectivity index (χ2v) is 21.1. The van der Waals surface area contributed by atoms with Crippen molar-refractivity contribution in [2.45, 2.75) is 50.5 Å². The van der Waals surface area contributed by atoms with E-state index >= 15 is 0 Å². The van der Waals surface area contributed by atoms with Crippen molar-refractivity contribution in [1.82, 2.24) is 24.3 Å². The number of benzene rings is 3. The van der Waals surface area contributed by atoms with E-state index in [9.17, 15) is 31.7 Å². The number of piperazine rings is 1. The maximum absolute atomic E-state index is 14.0. The number of anilines is 2. The van der Waals surface area contributed by atoms with Crippen LogP contribution in [0.3, 0.4) is 0 Å². The first-order chi connectivity index (χ1) is 30.4. The number of nitrogens with one attached hydrogen (secondary N) is 4. The lowest BCUT2D eigenvalue weighted by Crippen LogP contribution is -2.47. The van der Waals surface area contributed by atoms with E-state index in [2.05, 4.69) is 60.5 Å². The molecule has 8 rings (SSSR count). The summed E-state index contributed by atoms with van der Waals surface area (Å²) < 4.78 is 67.1. The highest BCUT2D eigenvalue weighted by Crippen LogP contribution is 2.44. The number of hydrogen-bond acceptors (Lipinski definition) is 13. The SMILES string of the molecule is CC1(C)CCC(CN2CCN(c3ccc(C(=O)NS(=O)(=O)c4cc5c(c([N+](=O)[O-])c4)N[C@H](CCNS(C)(=O)=O)CO5)c(Oc4cnc5[nH]ccc5c4)c3)CC2)=C(c2ccc(Cl)cc2)C1. The minimum Gasteiger partial charge on any atom is -0.489 e. The van der Waals surface area contributed by atoms with Crippen LogP contribution in [0.1, 0.15) is 55.5 Å². The van der Waals surface area contributed by atoms with E-state index in [1.54, 1.807) is 24.4 Å². The zero-order valence-corrected chi connectivity index (χ0v) is 37.9. The van der Waals surface area contributed by atoms with Gasteiger partial charge >= 0.3 is 0 Å². The van der Waals surface area contributed by atoms with Gasteiger partial charge in [0.15, 0.2) is 11.4 Å². The lowest BCUT2D eigenvalue weighted by atomic mass is 9.72. The van der Waals surface area contributed by atoms with E-state index in [4.69, 9.17) is 21.1 Å². The molecule has 0 saturated carbocycles. The number of nitro groups is 1. The van der Waals surface area contributed by atoms with E-state index in [0.717, 1.165) is 68.4 Å². The van der Waals surface area contributed by atoms with E-state index in [-0.39, 0.29) is 47.7 Å². The molecule has 0 unspecified atom stereocenters. The molecule has 2 aliphatic heterocycles. The summed E-state index contributed by atoms with van der Waals surface area (Å²) in [6.07, 6.45) is 7.62. The van der Waals surface area contributed by atoms with Gasteiger partial charge in [0.2, 0.25) is 10.0 Å². The van der Waals surface area contributed by atoms with Gasteiger partial charge < -0.3 is 24.7 Å². The smallest absolute Gasteiger partial charge is 0.297 e. The second kappa shape index (κ2) is 18.0. The van der Waals surface area contributed by atoms with Crippen LogP contribution in [0.5, 0.6) is 17.2 Å². The first-order valence-corrected chi connectivity index (χ1v) is 24.6. The van der Waals surface area contributed by atoms with Crippen LogP contribution in [-0.4, -0.2) is 101 Å². The van der Waals surface area contributed by atoms with Crippen molar-refractivity contribution in [2.24, 2.45) is 5.41 Å². The number of nitrogens with zero attached hydrogens (tertiary/aromatic N) is 4. The Kier molecular flexibility index (Phi) is 12.6. The Morgan fingerprint density at radius 1 is 1.05 bits per heavy atom. The van der Waals surface area contributed by atoms with Crippen molar-refractivity contribution in [1.29, 1.82) is 0 Å². The van der Waals surface area contributed by atoms with Crippen LogP contribution in [0.25, 0.3) is 16.6 Å². The topological polar surface area (TPSA) is 218 Å². The normalized spacial score (nSPS) is 17.9. The Bertz CT molecular complexity index is 2860. The molecule has 4 N–H and O–H groups in total. The number of hydrogen-bond donors (Lipinski definition) is 4. The summed E-state index contributed by atoms with van der Waals surface area (Å²) in [5.41, 5.74) is 4.89. The maximum atomic E-state index is 14.0. The average Bonchev–Trinajstić information content (AvgIpc) is 3.72. The predicted molar refractivity (Wildman–Crippen MR) is 245 cm³/mol. The largest absolute Gasteiger partial charge is 0.489 e. The van der Waals surface area contributed by atoms with Crippen molar-refractivity contribution >= 4 is 71.2 Å². The van der Waals surface area contributed by atoms with Crippen LogP contribution in [0.2, 0.25) is 5.02 Å². The molecule has 1 aliphatic carbocycles. The zero-order chi connectivity index (χ0) is 45.4. The van der Waals surface area contributed by atoms with Gasteiger partial charge in [-0.05, 0) is 78.6 Å². The Hall–Kier alpha value is -5.73. The molecule has 2 aromatic heterocycles. The molecular weight excluding hydrogens is 884 g/mol. The summed E-state index contributed by atoms with van der Waals surface area (Å²) in [5, 5.41) is 16.6. The fraction of sp³-hybridized carbons (Fsp3) is 0.364. The minimum atomic E-state index is -4.72. The number of amides is 1. The number of ether oxygens (including phenoxy) is 2. The number of H-pyrrole nitrogens is 1. The number of carbonyl (C=O) groups is 1. The molecular formula is C44H49ClN8O9S2. The van der Waals surface area contributed by atoms with E-state index < -0.39 is 47.5 Å². The number of halogens is 1. The van der Waals surface area contributed by atoms with Crippen LogP contribution >= 0.6 is 11.6 Å². The van der Waals surface area contributed by atoms with Crippen molar-refractivity contribution in [3.05, 3.63) is 111 Å². The van der Waals surface area contributed by atoms with Gasteiger partial charge in [0.25, 0.3) is 21.6 Å². The van der Waals surface area contributed by atoms with Gasteiger partial charge in [-0.3, -0.25) is 19.8 Å². The Morgan fingerprint density at radius 3 is 2.55 bits per heavy atom. The van der Waals surface area contributed by atoms with Crippen LogP contribution in [0.4, 0.5) is 17.1 Å². The van der Waals surface area contributed by atoms with Crippen molar-refractivity contribution in [2.75, 3.05) is 62.3 Å². The molecule has 5 aromatic rings. The minimum absolute atomic E-state index is 0.0290. The number of aromatic amines is 1. The molecule has 0 radical (unpaired) electrons. The highest BCUT2D eigenvalue weighted by atomic mass is 35.5. The molecule has 1 atom stereocenters. The van der Waals surface area contributed by atoms with Crippen molar-refractivity contribution in [3.63, 3.8) is 0 Å². The molecule has 3 aromatic carbocycles. The van der Waals surface area contributed by atoms with Crippen LogP contribution in [0.15, 0.2) is 89.6 Å². The lowest BCUT2D eigenvalue weighted by molar-refractivity contribution is -0.384. The standard InChI is InChI=1S/C44H49ClN8O9S2/c1-44(2)13-10-30(37(24-44)28-4-6-31(45)7-5-28)26-51-16-18-52(19-17-51)33-8-9-36(39(21-33)62-34-20-29-11-14-46-42(29)47-25-34)43(54)50-64(59,60)35-22-38(53(55)56)41-40(23-35)61-27-32(49-41)12-15-48-63(3,57)58/h4-9,11,14,20-23,25,32,48-49H,10,12-13,15-19,24,26-27H2,1-3H3,(H,46,47)(H,50,54)/t32-/m1/s1. The molecule has 338 valence electrons. The highest BCUT2D eigenvalue weighted by molar-refractivity contribution is 7.90. The second-order valence-electron chi connectivity index (χ2n) is 17.2. The molecule has 1 fully saturated rings. The van der Waals surface area contributed by atoms with Gasteiger partial charge in [0, 0.05) is 79.8 Å². The van der Waals surface area contributed by atoms with Crippen LogP contribution in [0, 0.1) is 15.5 Å². The van der Waals surface area contributed by atoms with Gasteiger partial charge in [-0.15, -0.1) is 0 Å². The number of sulfonamides is 2. The lowest BCUT2D eigenvalue weighted by Gasteiger charge is -2.39. The molecule has 1 saturated heterocycles. The van der Waals surface area contributed by atoms with Crippen LogP contribution < -0.4 is 29.1 Å². The molecule has 0 spiro atoms. The Labute approximate surface area is 376 Å². The Balaban J connectivity index is 1.01. The quantitative estimate of drug-likeness (QED) is 0.0657. The number of rotatable bonds is 14. The first-order valence-electron chi connectivity index (χ1n) is 20.8. The van der Waals surface area contributed by atoms with Crippen LogP contribution in [-0.2, 0) is 20.0 Å². The summed E-state index contributed by atoms with van der Waals surface area (Å²) in [7, 11) is -8.17. The number of nitro benzene ring substituents is 1. The van der Waals surface area contributed by atoms with Gasteiger partial charge in [-0.2, -0.15) is 0 Å². The van der Waals surface area contributed by atoms with Gasteiger partial charge in [0.1, 0.15) is 23.8 Å². The molecule has 17 nitrogen and oxygen atoms in total. The number of pyridine rings is 1. The molecule has 4 heterocycles. The molecule has 20 heteroatoms. The Morgan fingerprint density at radius 2 is 1.81 bits per heavy atom. The van der Waals surface area contributed by atoms with E-state index in [1.807, 2.05) is 18.2 Å². The van der Waals surface area contributed by atoms with Crippen molar-refractivity contribution < 1.29 is 36.0 Å². The number of carbonyl (C=O) groups excluding carboxylic acids is 1. The molecule has 64 heavy (non-hydrogen) atoms. The summed E-state index contributed by atoms with van der Waals surface area (Å²) in [6.45, 7) is 8.48. The maximum Gasteiger partial charge on any atom is 0.297 e. The summed E-state index contributed by atoms with van der Waals surface area (Å²) >= 11 is 6.24. The third-order valence-corrected chi connectivity index (χ3v) is 14.1. The van der Waals surface area contributed by atoms with Gasteiger partial charge in [0.05, 0.1) is 33.9 Å². The van der Waals surface area contributed by atoms with E-state index in [1.165, 1.54) is 29.0 Å². The summed E-state index contributed by atoms with van der Waals surface area (Å²) in [4.78, 5) is 36.9. The third-order valence-electron chi connectivity index (χ3n) is 11.8. The zero-order valence-electron chi connectivity index (χ0n) is 35.5. The summed E-state index contributed by atoms with van der Waals surface area (Å²) in [5.74, 6) is -0.753. The monoisotopic (exact) mass is 932 g/mol. The third kappa shape index (κ3) is 10.4. The molecule has 1 amide bonds. The average molecular weight is 934 g/mol. The first kappa shape index (κ1) is 44.9. The number of aromatic nitrogens is 2. The van der Waals surface area contributed by atoms with Gasteiger partial charge in [-0.25, -0.2) is 31.3 Å². The fourth-order valence-corrected chi connectivity index (χ4v) is 9.98. The predicted octanol–water partition coefficient (Wildman–Crippen LogP) is 6.93. The fourth-order valence-electron chi connectivity index (χ4n) is 8.36. The van der Waals surface area contributed by atoms with Crippen molar-refractivity contribution in [3.8, 4) is 17.2 Å². The van der Waals surface area contributed by atoms with E-state index in [0.29, 0.717) is 29.5 Å². The number of fused-ring (bicyclic) bond motifs is 2. The van der Waals surface area contributed by atoms with Gasteiger partial charge in [-0.1, -0.05) is 43.2 Å². The highest BCUT2D eigenvalue weighted by Gasteiger charge is 2.33.